The molecule has 21 heavy (non-hydrogen) atoms. The molecule has 0 spiro atoms. The Balaban J connectivity index is 0.00000220. The van der Waals surface area contributed by atoms with Gasteiger partial charge in [0.05, 0.1) is 6.10 Å². The molecule has 1 saturated heterocycles. The van der Waals surface area contributed by atoms with Gasteiger partial charge >= 0.3 is 0 Å². The molecular weight excluding hydrogens is 288 g/mol. The van der Waals surface area contributed by atoms with Gasteiger partial charge in [0.1, 0.15) is 0 Å². The Labute approximate surface area is 133 Å². The fourth-order valence-corrected chi connectivity index (χ4v) is 2.93. The van der Waals surface area contributed by atoms with Crippen LogP contribution in [0, 0.1) is 13.8 Å². The summed E-state index contributed by atoms with van der Waals surface area (Å²) in [6.07, 6.45) is 1.92. The van der Waals surface area contributed by atoms with Gasteiger partial charge in [0.25, 0.3) is 5.91 Å². The predicted molar refractivity (Wildman–Crippen MR) is 87.1 cm³/mol. The molecule has 2 N–H and O–H groups in total. The highest BCUT2D eigenvalue weighted by Gasteiger charge is 2.31. The van der Waals surface area contributed by atoms with Gasteiger partial charge in [-0.05, 0) is 38.3 Å². The first-order valence-electron chi connectivity index (χ1n) is 7.18. The fraction of sp³-hybridized carbons (Fsp3) is 0.562. The number of carbonyl (C=O) groups is 1. The molecule has 1 aromatic carbocycles. The molecule has 1 aromatic rings. The van der Waals surface area contributed by atoms with E-state index in [1.165, 1.54) is 5.56 Å². The van der Waals surface area contributed by atoms with Crippen molar-refractivity contribution in [1.29, 1.82) is 0 Å². The molecule has 2 unspecified atom stereocenters. The van der Waals surface area contributed by atoms with Gasteiger partial charge in [-0.15, -0.1) is 12.4 Å². The van der Waals surface area contributed by atoms with Crippen molar-refractivity contribution in [2.24, 2.45) is 5.73 Å². The summed E-state index contributed by atoms with van der Waals surface area (Å²) < 4.78 is 5.40. The second kappa shape index (κ2) is 7.78. The van der Waals surface area contributed by atoms with Crippen molar-refractivity contribution in [3.8, 4) is 0 Å². The molecule has 5 heteroatoms. The summed E-state index contributed by atoms with van der Waals surface area (Å²) in [5.74, 6) is 0.0903. The summed E-state index contributed by atoms with van der Waals surface area (Å²) in [4.78, 5) is 14.6. The van der Waals surface area contributed by atoms with Crippen LogP contribution in [0.5, 0.6) is 0 Å². The van der Waals surface area contributed by atoms with Gasteiger partial charge in [-0.25, -0.2) is 0 Å². The normalized spacial score (nSPS) is 21.8. The molecule has 1 heterocycles. The summed E-state index contributed by atoms with van der Waals surface area (Å²) in [6.45, 7) is 5.22. The van der Waals surface area contributed by atoms with E-state index in [-0.39, 0.29) is 30.5 Å². The molecule has 0 radical (unpaired) electrons. The number of piperidine rings is 1. The first-order valence-corrected chi connectivity index (χ1v) is 7.18. The van der Waals surface area contributed by atoms with Crippen molar-refractivity contribution >= 4 is 18.3 Å². The van der Waals surface area contributed by atoms with Crippen molar-refractivity contribution in [2.75, 3.05) is 20.2 Å². The van der Waals surface area contributed by atoms with Gasteiger partial charge in [-0.3, -0.25) is 4.79 Å². The molecule has 118 valence electrons. The lowest BCUT2D eigenvalue weighted by atomic mass is 9.97. The number of methoxy groups -OCH3 is 1. The molecule has 2 atom stereocenters. The first kappa shape index (κ1) is 18.0. The van der Waals surface area contributed by atoms with Crippen LogP contribution in [0.15, 0.2) is 18.2 Å². The van der Waals surface area contributed by atoms with E-state index in [9.17, 15) is 4.79 Å². The van der Waals surface area contributed by atoms with Crippen molar-refractivity contribution in [2.45, 2.75) is 38.8 Å². The zero-order valence-electron chi connectivity index (χ0n) is 13.0. The number of nitrogens with two attached hydrogens (primary N) is 1. The molecule has 0 aromatic heterocycles. The van der Waals surface area contributed by atoms with Gasteiger partial charge < -0.3 is 15.4 Å². The molecular formula is C16H25ClN2O2. The number of hydrogen-bond acceptors (Lipinski definition) is 3. The summed E-state index contributed by atoms with van der Waals surface area (Å²) in [5.41, 5.74) is 8.82. The van der Waals surface area contributed by atoms with Crippen LogP contribution in [0.25, 0.3) is 0 Å². The summed E-state index contributed by atoms with van der Waals surface area (Å²) in [7, 11) is 1.72. The van der Waals surface area contributed by atoms with Crippen LogP contribution in [-0.2, 0) is 4.74 Å². The highest BCUT2D eigenvalue weighted by atomic mass is 35.5. The van der Waals surface area contributed by atoms with Crippen LogP contribution in [0.3, 0.4) is 0 Å². The Kier molecular flexibility index (Phi) is 6.65. The molecule has 4 nitrogen and oxygen atoms in total. The zero-order chi connectivity index (χ0) is 14.7. The highest BCUT2D eigenvalue weighted by Crippen LogP contribution is 2.22. The quantitative estimate of drug-likeness (QED) is 0.932. The van der Waals surface area contributed by atoms with E-state index in [2.05, 4.69) is 0 Å². The number of amides is 1. The van der Waals surface area contributed by atoms with E-state index in [1.807, 2.05) is 36.9 Å². The average molecular weight is 313 g/mol. The number of hydrogen-bond donors (Lipinski definition) is 1. The minimum absolute atomic E-state index is 0. The van der Waals surface area contributed by atoms with E-state index < -0.39 is 0 Å². The topological polar surface area (TPSA) is 55.6 Å². The lowest BCUT2D eigenvalue weighted by Crippen LogP contribution is -2.51. The maximum absolute atomic E-state index is 12.7. The van der Waals surface area contributed by atoms with Crippen molar-refractivity contribution in [1.82, 2.24) is 4.90 Å². The van der Waals surface area contributed by atoms with Crippen LogP contribution in [0.2, 0.25) is 0 Å². The third-order valence-electron chi connectivity index (χ3n) is 4.15. The second-order valence-corrected chi connectivity index (χ2v) is 5.59. The number of aryl methyl sites for hydroxylation is 2. The van der Waals surface area contributed by atoms with E-state index in [0.29, 0.717) is 13.1 Å². The third-order valence-corrected chi connectivity index (χ3v) is 4.15. The number of rotatable bonds is 3. The van der Waals surface area contributed by atoms with E-state index >= 15 is 0 Å². The Morgan fingerprint density at radius 1 is 1.43 bits per heavy atom. The molecule has 0 saturated carbocycles. The third kappa shape index (κ3) is 3.96. The molecule has 0 bridgehead atoms. The summed E-state index contributed by atoms with van der Waals surface area (Å²) in [6, 6.07) is 6.02. The molecule has 0 aliphatic carbocycles. The first-order chi connectivity index (χ1) is 9.56. The van der Waals surface area contributed by atoms with Crippen molar-refractivity contribution in [3.05, 3.63) is 34.9 Å². The number of halogens is 1. The van der Waals surface area contributed by atoms with Crippen LogP contribution in [-0.4, -0.2) is 43.2 Å². The van der Waals surface area contributed by atoms with Crippen LogP contribution >= 0.6 is 12.4 Å². The van der Waals surface area contributed by atoms with Crippen molar-refractivity contribution < 1.29 is 9.53 Å². The minimum Gasteiger partial charge on any atom is -0.381 e. The summed E-state index contributed by atoms with van der Waals surface area (Å²) in [5, 5.41) is 0. The monoisotopic (exact) mass is 312 g/mol. The number of benzene rings is 1. The Morgan fingerprint density at radius 3 is 2.71 bits per heavy atom. The van der Waals surface area contributed by atoms with Gasteiger partial charge in [-0.1, -0.05) is 17.7 Å². The Bertz CT molecular complexity index is 493. The predicted octanol–water partition coefficient (Wildman–Crippen LogP) is 2.30. The van der Waals surface area contributed by atoms with Crippen LogP contribution in [0.4, 0.5) is 0 Å². The average Bonchev–Trinajstić information content (AvgIpc) is 2.46. The summed E-state index contributed by atoms with van der Waals surface area (Å²) >= 11 is 0. The standard InChI is InChI=1S/C16H24N2O2.ClH/c1-11-4-5-15(12(2)8-11)16(19)18-7-6-14(20-3)9-13(18)10-17;/h4-5,8,13-14H,6-7,9-10,17H2,1-3H3;1H. The second-order valence-electron chi connectivity index (χ2n) is 5.59. The number of ether oxygens (including phenoxy) is 1. The smallest absolute Gasteiger partial charge is 0.254 e. The molecule has 1 aliphatic heterocycles. The van der Waals surface area contributed by atoms with E-state index in [4.69, 9.17) is 10.5 Å². The number of carbonyl (C=O) groups excluding carboxylic acids is 1. The number of nitrogens with zero attached hydrogens (tertiary/aromatic N) is 1. The van der Waals surface area contributed by atoms with E-state index in [1.54, 1.807) is 7.11 Å². The zero-order valence-corrected chi connectivity index (χ0v) is 13.8. The maximum atomic E-state index is 12.7. The maximum Gasteiger partial charge on any atom is 0.254 e. The van der Waals surface area contributed by atoms with Crippen LogP contribution in [0.1, 0.15) is 34.3 Å². The molecule has 2 rings (SSSR count). The van der Waals surface area contributed by atoms with Gasteiger partial charge in [0.2, 0.25) is 0 Å². The van der Waals surface area contributed by atoms with Crippen LogP contribution < -0.4 is 5.73 Å². The molecule has 1 fully saturated rings. The van der Waals surface area contributed by atoms with Gasteiger partial charge in [-0.2, -0.15) is 0 Å². The molecule has 1 amide bonds. The van der Waals surface area contributed by atoms with Crippen molar-refractivity contribution in [3.63, 3.8) is 0 Å². The molecule has 1 aliphatic rings. The highest BCUT2D eigenvalue weighted by molar-refractivity contribution is 5.96. The SMILES string of the molecule is COC1CCN(C(=O)c2ccc(C)cc2C)C(CN)C1.Cl. The Hall–Kier alpha value is -1.10. The fourth-order valence-electron chi connectivity index (χ4n) is 2.93. The minimum atomic E-state index is 0. The van der Waals surface area contributed by atoms with E-state index in [0.717, 1.165) is 24.0 Å². The Morgan fingerprint density at radius 2 is 2.14 bits per heavy atom. The lowest BCUT2D eigenvalue weighted by Gasteiger charge is -2.38. The van der Waals surface area contributed by atoms with Gasteiger partial charge in [0, 0.05) is 31.8 Å². The largest absolute Gasteiger partial charge is 0.381 e. The lowest BCUT2D eigenvalue weighted by molar-refractivity contribution is 0.0138. The van der Waals surface area contributed by atoms with Gasteiger partial charge in [0.15, 0.2) is 0 Å². The number of likely N-dealkylation sites (tertiary alicyclic amines) is 1.